The lowest BCUT2D eigenvalue weighted by molar-refractivity contribution is 0.0678. The highest BCUT2D eigenvalue weighted by molar-refractivity contribution is 6.29. The minimum absolute atomic E-state index is 0.131. The number of amides is 1. The van der Waals surface area contributed by atoms with Crippen LogP contribution in [0.2, 0.25) is 5.15 Å². The first kappa shape index (κ1) is 12.8. The molecule has 0 fully saturated rings. The lowest BCUT2D eigenvalue weighted by atomic mass is 10.3. The fourth-order valence-corrected chi connectivity index (χ4v) is 1.25. The summed E-state index contributed by atoms with van der Waals surface area (Å²) in [6.45, 7) is -0.0626. The predicted molar refractivity (Wildman–Crippen MR) is 57.1 cm³/mol. The van der Waals surface area contributed by atoms with Gasteiger partial charge in [0.1, 0.15) is 0 Å². The second kappa shape index (κ2) is 6.37. The van der Waals surface area contributed by atoms with Crippen LogP contribution in [-0.4, -0.2) is 57.5 Å². The molecule has 6 nitrogen and oxygen atoms in total. The van der Waals surface area contributed by atoms with Gasteiger partial charge in [0.25, 0.3) is 5.91 Å². The van der Waals surface area contributed by atoms with Gasteiger partial charge in [0.2, 0.25) is 0 Å². The average Bonchev–Trinajstić information content (AvgIpc) is 2.29. The number of aliphatic hydroxyl groups is 2. The Morgan fingerprint density at radius 2 is 1.88 bits per heavy atom. The number of carbonyl (C=O) groups is 1. The quantitative estimate of drug-likeness (QED) is 0.734. The summed E-state index contributed by atoms with van der Waals surface area (Å²) >= 11 is 5.54. The smallest absolute Gasteiger partial charge is 0.274 e. The molecule has 0 aromatic carbocycles. The van der Waals surface area contributed by atoms with Crippen LogP contribution in [0.5, 0.6) is 0 Å². The fourth-order valence-electron chi connectivity index (χ4n) is 1.15. The SMILES string of the molecule is O=C(c1ccc(Cl)nn1)N(CCO)CCO. The normalized spacial score (nSPS) is 10.2. The second-order valence-electron chi connectivity index (χ2n) is 2.98. The zero-order chi connectivity index (χ0) is 12.0. The third kappa shape index (κ3) is 3.41. The van der Waals surface area contributed by atoms with Gasteiger partial charge in [-0.05, 0) is 12.1 Å². The van der Waals surface area contributed by atoms with Gasteiger partial charge in [-0.3, -0.25) is 4.79 Å². The first-order valence-electron chi connectivity index (χ1n) is 4.69. The Morgan fingerprint density at radius 1 is 1.25 bits per heavy atom. The molecular formula is C9H12ClN3O3. The maximum Gasteiger partial charge on any atom is 0.274 e. The van der Waals surface area contributed by atoms with E-state index < -0.39 is 5.91 Å². The minimum atomic E-state index is -0.396. The van der Waals surface area contributed by atoms with Crippen LogP contribution in [0.25, 0.3) is 0 Å². The summed E-state index contributed by atoms with van der Waals surface area (Å²) in [5.41, 5.74) is 0.131. The Labute approximate surface area is 97.5 Å². The van der Waals surface area contributed by atoms with Crippen LogP contribution in [0.15, 0.2) is 12.1 Å². The lowest BCUT2D eigenvalue weighted by Crippen LogP contribution is -2.36. The van der Waals surface area contributed by atoms with Crippen molar-refractivity contribution in [2.75, 3.05) is 26.3 Å². The minimum Gasteiger partial charge on any atom is -0.395 e. The molecule has 0 aliphatic heterocycles. The number of rotatable bonds is 5. The molecule has 1 amide bonds. The maximum absolute atomic E-state index is 11.8. The van der Waals surface area contributed by atoms with Crippen molar-refractivity contribution < 1.29 is 15.0 Å². The van der Waals surface area contributed by atoms with Crippen LogP contribution in [-0.2, 0) is 0 Å². The standard InChI is InChI=1S/C9H12ClN3O3/c10-8-2-1-7(11-12-8)9(16)13(3-5-14)4-6-15/h1-2,14-15H,3-6H2. The number of nitrogens with zero attached hydrogens (tertiary/aromatic N) is 3. The van der Waals surface area contributed by atoms with Crippen molar-refractivity contribution in [3.63, 3.8) is 0 Å². The van der Waals surface area contributed by atoms with Gasteiger partial charge in [-0.15, -0.1) is 10.2 Å². The largest absolute Gasteiger partial charge is 0.395 e. The van der Waals surface area contributed by atoms with Gasteiger partial charge in [0, 0.05) is 13.1 Å². The Balaban J connectivity index is 2.77. The highest BCUT2D eigenvalue weighted by atomic mass is 35.5. The van der Waals surface area contributed by atoms with E-state index in [9.17, 15) is 4.79 Å². The molecule has 0 aliphatic rings. The van der Waals surface area contributed by atoms with E-state index in [-0.39, 0.29) is 37.2 Å². The van der Waals surface area contributed by atoms with E-state index >= 15 is 0 Å². The molecule has 88 valence electrons. The molecule has 0 unspecified atom stereocenters. The van der Waals surface area contributed by atoms with Crippen molar-refractivity contribution in [3.8, 4) is 0 Å². The summed E-state index contributed by atoms with van der Waals surface area (Å²) in [4.78, 5) is 13.1. The summed E-state index contributed by atoms with van der Waals surface area (Å²) in [6.07, 6.45) is 0. The van der Waals surface area contributed by atoms with Gasteiger partial charge in [-0.25, -0.2) is 0 Å². The number of aliphatic hydroxyl groups excluding tert-OH is 2. The maximum atomic E-state index is 11.8. The van der Waals surface area contributed by atoms with Crippen molar-refractivity contribution in [2.45, 2.75) is 0 Å². The van der Waals surface area contributed by atoms with E-state index in [0.717, 1.165) is 0 Å². The Kier molecular flexibility index (Phi) is 5.10. The highest BCUT2D eigenvalue weighted by Gasteiger charge is 2.16. The zero-order valence-electron chi connectivity index (χ0n) is 8.51. The van der Waals surface area contributed by atoms with Crippen LogP contribution in [0.4, 0.5) is 0 Å². The monoisotopic (exact) mass is 245 g/mol. The molecule has 2 N–H and O–H groups in total. The zero-order valence-corrected chi connectivity index (χ0v) is 9.26. The summed E-state index contributed by atoms with van der Waals surface area (Å²) in [5, 5.41) is 24.9. The van der Waals surface area contributed by atoms with Crippen LogP contribution in [0.3, 0.4) is 0 Å². The van der Waals surface area contributed by atoms with Crippen molar-refractivity contribution in [1.29, 1.82) is 0 Å². The fraction of sp³-hybridized carbons (Fsp3) is 0.444. The molecule has 0 saturated heterocycles. The average molecular weight is 246 g/mol. The van der Waals surface area contributed by atoms with E-state index in [1.807, 2.05) is 0 Å². The molecule has 1 aromatic rings. The molecule has 1 heterocycles. The molecule has 1 aromatic heterocycles. The van der Waals surface area contributed by atoms with Gasteiger partial charge in [-0.1, -0.05) is 11.6 Å². The van der Waals surface area contributed by atoms with Crippen LogP contribution < -0.4 is 0 Å². The summed E-state index contributed by atoms with van der Waals surface area (Å²) in [6, 6.07) is 2.90. The van der Waals surface area contributed by atoms with Gasteiger partial charge in [0.15, 0.2) is 10.8 Å². The van der Waals surface area contributed by atoms with Gasteiger partial charge >= 0.3 is 0 Å². The number of carbonyl (C=O) groups excluding carboxylic acids is 1. The molecule has 0 aliphatic carbocycles. The topological polar surface area (TPSA) is 86.6 Å². The molecule has 0 spiro atoms. The van der Waals surface area contributed by atoms with Crippen molar-refractivity contribution in [1.82, 2.24) is 15.1 Å². The summed E-state index contributed by atoms with van der Waals surface area (Å²) in [5.74, 6) is -0.396. The highest BCUT2D eigenvalue weighted by Crippen LogP contribution is 2.05. The van der Waals surface area contributed by atoms with Crippen molar-refractivity contribution >= 4 is 17.5 Å². The van der Waals surface area contributed by atoms with Gasteiger partial charge in [-0.2, -0.15) is 0 Å². The number of aromatic nitrogens is 2. The first-order chi connectivity index (χ1) is 7.69. The third-order valence-electron chi connectivity index (χ3n) is 1.88. The van der Waals surface area contributed by atoms with Gasteiger partial charge < -0.3 is 15.1 Å². The van der Waals surface area contributed by atoms with Crippen LogP contribution >= 0.6 is 11.6 Å². The molecule has 0 bridgehead atoms. The second-order valence-corrected chi connectivity index (χ2v) is 3.37. The van der Waals surface area contributed by atoms with E-state index in [1.165, 1.54) is 17.0 Å². The van der Waals surface area contributed by atoms with Crippen molar-refractivity contribution in [2.24, 2.45) is 0 Å². The van der Waals surface area contributed by atoms with E-state index in [1.54, 1.807) is 0 Å². The summed E-state index contributed by atoms with van der Waals surface area (Å²) < 4.78 is 0. The molecule has 0 saturated carbocycles. The lowest BCUT2D eigenvalue weighted by Gasteiger charge is -2.19. The van der Waals surface area contributed by atoms with E-state index in [0.29, 0.717) is 0 Å². The Bertz CT molecular complexity index is 338. The Hall–Kier alpha value is -1.24. The van der Waals surface area contributed by atoms with Crippen LogP contribution in [0, 0.1) is 0 Å². The molecule has 1 rings (SSSR count). The number of halogens is 1. The molecule has 7 heteroatoms. The van der Waals surface area contributed by atoms with Gasteiger partial charge in [0.05, 0.1) is 13.2 Å². The Morgan fingerprint density at radius 3 is 2.31 bits per heavy atom. The predicted octanol–water partition coefficient (Wildman–Crippen LogP) is -0.443. The molecule has 0 atom stereocenters. The first-order valence-corrected chi connectivity index (χ1v) is 5.07. The molecular weight excluding hydrogens is 234 g/mol. The van der Waals surface area contributed by atoms with E-state index in [2.05, 4.69) is 10.2 Å². The number of hydrogen-bond donors (Lipinski definition) is 2. The van der Waals surface area contributed by atoms with Crippen LogP contribution in [0.1, 0.15) is 10.5 Å². The molecule has 16 heavy (non-hydrogen) atoms. The number of hydrogen-bond acceptors (Lipinski definition) is 5. The summed E-state index contributed by atoms with van der Waals surface area (Å²) in [7, 11) is 0. The molecule has 0 radical (unpaired) electrons. The van der Waals surface area contributed by atoms with Crippen molar-refractivity contribution in [3.05, 3.63) is 23.0 Å². The van der Waals surface area contributed by atoms with E-state index in [4.69, 9.17) is 21.8 Å². The third-order valence-corrected chi connectivity index (χ3v) is 2.08.